The van der Waals surface area contributed by atoms with Gasteiger partial charge in [-0.25, -0.2) is 4.79 Å². The summed E-state index contributed by atoms with van der Waals surface area (Å²) < 4.78 is 5.49. The van der Waals surface area contributed by atoms with E-state index in [0.29, 0.717) is 11.6 Å². The van der Waals surface area contributed by atoms with E-state index in [1.807, 2.05) is 49.9 Å². The van der Waals surface area contributed by atoms with E-state index >= 15 is 0 Å². The lowest BCUT2D eigenvalue weighted by atomic mass is 9.93. The Balaban J connectivity index is 1.34. The molecule has 0 atom stereocenters. The van der Waals surface area contributed by atoms with Crippen LogP contribution in [0.4, 0.5) is 16.2 Å². The number of aliphatic hydroxyl groups excluding tert-OH is 1. The first-order valence-electron chi connectivity index (χ1n) is 11.7. The number of hydrogen-bond donors (Lipinski definition) is 2. The summed E-state index contributed by atoms with van der Waals surface area (Å²) >= 11 is 0. The molecule has 0 spiro atoms. The summed E-state index contributed by atoms with van der Waals surface area (Å²) in [6, 6.07) is 7.78. The third kappa shape index (κ3) is 7.38. The third-order valence-electron chi connectivity index (χ3n) is 6.15. The first-order chi connectivity index (χ1) is 15.2. The van der Waals surface area contributed by atoms with Gasteiger partial charge < -0.3 is 25.0 Å². The molecule has 8 nitrogen and oxygen atoms in total. The van der Waals surface area contributed by atoms with Gasteiger partial charge in [0.05, 0.1) is 0 Å². The SMILES string of the molecule is CC(C)(C)OC(=O)N1CCC(CCN2CCN(c3ccc(NC(=O)CO)cc3)CC2)CC1. The van der Waals surface area contributed by atoms with Crippen LogP contribution in [0.1, 0.15) is 40.0 Å². The van der Waals surface area contributed by atoms with Crippen molar-refractivity contribution in [2.75, 3.05) is 62.6 Å². The van der Waals surface area contributed by atoms with Gasteiger partial charge in [-0.15, -0.1) is 0 Å². The average molecular weight is 447 g/mol. The highest BCUT2D eigenvalue weighted by molar-refractivity contribution is 5.91. The number of nitrogens with one attached hydrogen (secondary N) is 1. The van der Waals surface area contributed by atoms with Gasteiger partial charge >= 0.3 is 6.09 Å². The van der Waals surface area contributed by atoms with E-state index in [0.717, 1.165) is 64.3 Å². The van der Waals surface area contributed by atoms with Crippen molar-refractivity contribution >= 4 is 23.4 Å². The highest BCUT2D eigenvalue weighted by Crippen LogP contribution is 2.24. The number of benzene rings is 1. The molecule has 0 aromatic heterocycles. The number of carbonyl (C=O) groups is 2. The summed E-state index contributed by atoms with van der Waals surface area (Å²) in [4.78, 5) is 30.2. The van der Waals surface area contributed by atoms with E-state index in [-0.39, 0.29) is 6.09 Å². The first-order valence-corrected chi connectivity index (χ1v) is 11.7. The number of likely N-dealkylation sites (tertiary alicyclic amines) is 1. The lowest BCUT2D eigenvalue weighted by Gasteiger charge is -2.38. The van der Waals surface area contributed by atoms with Crippen LogP contribution < -0.4 is 10.2 Å². The van der Waals surface area contributed by atoms with Crippen LogP contribution in [0.2, 0.25) is 0 Å². The average Bonchev–Trinajstić information content (AvgIpc) is 2.78. The number of anilines is 2. The van der Waals surface area contributed by atoms with Crippen LogP contribution in [-0.4, -0.2) is 84.9 Å². The molecular weight excluding hydrogens is 408 g/mol. The number of piperidine rings is 1. The van der Waals surface area contributed by atoms with Crippen LogP contribution in [0.5, 0.6) is 0 Å². The lowest BCUT2D eigenvalue weighted by molar-refractivity contribution is -0.118. The fourth-order valence-corrected chi connectivity index (χ4v) is 4.28. The Hall–Kier alpha value is -2.32. The zero-order valence-corrected chi connectivity index (χ0v) is 19.7. The van der Waals surface area contributed by atoms with Crippen molar-refractivity contribution in [2.45, 2.75) is 45.6 Å². The zero-order valence-electron chi connectivity index (χ0n) is 19.7. The predicted octanol–water partition coefficient (Wildman–Crippen LogP) is 2.78. The maximum Gasteiger partial charge on any atom is 0.410 e. The maximum atomic E-state index is 12.2. The summed E-state index contributed by atoms with van der Waals surface area (Å²) in [5, 5.41) is 11.5. The number of aliphatic hydroxyl groups is 1. The molecule has 0 bridgehead atoms. The van der Waals surface area contributed by atoms with Gasteiger partial charge in [0.15, 0.2) is 0 Å². The minimum Gasteiger partial charge on any atom is -0.444 e. The van der Waals surface area contributed by atoms with Gasteiger partial charge in [0.2, 0.25) is 5.91 Å². The van der Waals surface area contributed by atoms with Gasteiger partial charge in [0.1, 0.15) is 12.2 Å². The molecule has 0 radical (unpaired) electrons. The normalized spacial score (nSPS) is 18.5. The van der Waals surface area contributed by atoms with E-state index in [1.54, 1.807) is 0 Å². The molecular formula is C24H38N4O4. The Morgan fingerprint density at radius 1 is 1.03 bits per heavy atom. The molecule has 2 amide bonds. The topological polar surface area (TPSA) is 85.4 Å². The summed E-state index contributed by atoms with van der Waals surface area (Å²) in [5.41, 5.74) is 1.42. The van der Waals surface area contributed by atoms with Gasteiger partial charge in [-0.3, -0.25) is 9.69 Å². The molecule has 8 heteroatoms. The number of rotatable bonds is 6. The molecule has 2 fully saturated rings. The summed E-state index contributed by atoms with van der Waals surface area (Å²) in [6.07, 6.45) is 3.11. The van der Waals surface area contributed by atoms with Crippen LogP contribution in [0.25, 0.3) is 0 Å². The minimum atomic E-state index is -0.507. The van der Waals surface area contributed by atoms with Crippen molar-refractivity contribution in [3.8, 4) is 0 Å². The Kier molecular flexibility index (Phi) is 8.37. The lowest BCUT2D eigenvalue weighted by Crippen LogP contribution is -2.47. The Bertz CT molecular complexity index is 746. The second-order valence-electron chi connectivity index (χ2n) is 9.78. The van der Waals surface area contributed by atoms with Crippen LogP contribution in [0.15, 0.2) is 24.3 Å². The van der Waals surface area contributed by atoms with E-state index in [9.17, 15) is 9.59 Å². The maximum absolute atomic E-state index is 12.2. The van der Waals surface area contributed by atoms with E-state index < -0.39 is 18.1 Å². The van der Waals surface area contributed by atoms with Crippen molar-refractivity contribution in [1.82, 2.24) is 9.80 Å². The molecule has 2 heterocycles. The quantitative estimate of drug-likeness (QED) is 0.699. The van der Waals surface area contributed by atoms with Gasteiger partial charge in [-0.2, -0.15) is 0 Å². The van der Waals surface area contributed by atoms with Crippen molar-refractivity contribution in [3.05, 3.63) is 24.3 Å². The number of piperazine rings is 1. The van der Waals surface area contributed by atoms with Gasteiger partial charge in [-0.05, 0) is 76.8 Å². The largest absolute Gasteiger partial charge is 0.444 e. The Labute approximate surface area is 191 Å². The highest BCUT2D eigenvalue weighted by atomic mass is 16.6. The van der Waals surface area contributed by atoms with E-state index in [2.05, 4.69) is 15.1 Å². The number of amides is 2. The van der Waals surface area contributed by atoms with E-state index in [4.69, 9.17) is 9.84 Å². The number of nitrogens with zero attached hydrogens (tertiary/aromatic N) is 3. The second kappa shape index (κ2) is 11.0. The van der Waals surface area contributed by atoms with Crippen molar-refractivity contribution < 1.29 is 19.4 Å². The molecule has 2 aliphatic rings. The van der Waals surface area contributed by atoms with Crippen LogP contribution in [0, 0.1) is 5.92 Å². The molecule has 2 saturated heterocycles. The Morgan fingerprint density at radius 2 is 1.66 bits per heavy atom. The van der Waals surface area contributed by atoms with Crippen LogP contribution in [-0.2, 0) is 9.53 Å². The van der Waals surface area contributed by atoms with Gasteiger partial charge in [-0.1, -0.05) is 0 Å². The second-order valence-corrected chi connectivity index (χ2v) is 9.78. The van der Waals surface area contributed by atoms with E-state index in [1.165, 1.54) is 6.42 Å². The molecule has 0 unspecified atom stereocenters. The van der Waals surface area contributed by atoms with Crippen molar-refractivity contribution in [1.29, 1.82) is 0 Å². The molecule has 32 heavy (non-hydrogen) atoms. The summed E-state index contributed by atoms with van der Waals surface area (Å²) in [6.45, 7) is 12.0. The smallest absolute Gasteiger partial charge is 0.410 e. The zero-order chi connectivity index (χ0) is 23.1. The number of hydrogen-bond acceptors (Lipinski definition) is 6. The molecule has 0 aliphatic carbocycles. The highest BCUT2D eigenvalue weighted by Gasteiger charge is 2.27. The van der Waals surface area contributed by atoms with Crippen LogP contribution in [0.3, 0.4) is 0 Å². The predicted molar refractivity (Wildman–Crippen MR) is 126 cm³/mol. The minimum absolute atomic E-state index is 0.184. The molecule has 2 aliphatic heterocycles. The molecule has 178 valence electrons. The van der Waals surface area contributed by atoms with Gasteiger partial charge in [0.25, 0.3) is 0 Å². The monoisotopic (exact) mass is 446 g/mol. The fourth-order valence-electron chi connectivity index (χ4n) is 4.28. The molecule has 2 N–H and O–H groups in total. The summed E-state index contributed by atoms with van der Waals surface area (Å²) in [5.74, 6) is 0.273. The fraction of sp³-hybridized carbons (Fsp3) is 0.667. The molecule has 1 aromatic carbocycles. The number of carbonyl (C=O) groups excluding carboxylic acids is 2. The molecule has 0 saturated carbocycles. The Morgan fingerprint density at radius 3 is 2.22 bits per heavy atom. The van der Waals surface area contributed by atoms with Crippen molar-refractivity contribution in [3.63, 3.8) is 0 Å². The number of ether oxygens (including phenoxy) is 1. The standard InChI is InChI=1S/C24H38N4O4/c1-24(2,3)32-23(31)28-12-9-19(10-13-28)8-11-26-14-16-27(17-15-26)21-6-4-20(5-7-21)25-22(30)18-29/h4-7,19,29H,8-18H2,1-3H3,(H,25,30). The molecule has 3 rings (SSSR count). The first kappa shape index (κ1) is 24.3. The summed E-state index contributed by atoms with van der Waals surface area (Å²) in [7, 11) is 0. The third-order valence-corrected chi connectivity index (χ3v) is 6.15. The van der Waals surface area contributed by atoms with Crippen LogP contribution >= 0.6 is 0 Å². The molecule has 1 aromatic rings. The van der Waals surface area contributed by atoms with Crippen molar-refractivity contribution in [2.24, 2.45) is 5.92 Å². The van der Waals surface area contributed by atoms with Gasteiger partial charge in [0, 0.05) is 50.6 Å².